The van der Waals surface area contributed by atoms with Gasteiger partial charge in [0.15, 0.2) is 0 Å². The van der Waals surface area contributed by atoms with Crippen molar-refractivity contribution < 1.29 is 4.74 Å². The molecule has 1 aromatic carbocycles. The molecule has 0 N–H and O–H groups in total. The molecule has 0 bridgehead atoms. The predicted molar refractivity (Wildman–Crippen MR) is 107 cm³/mol. The molecule has 0 aliphatic rings. The molecular formula is C22H33NO. The van der Waals surface area contributed by atoms with Crippen LogP contribution < -0.4 is 4.90 Å². The normalized spacial score (nSPS) is 12.7. The van der Waals surface area contributed by atoms with Crippen LogP contribution in [-0.4, -0.2) is 19.3 Å². The van der Waals surface area contributed by atoms with E-state index in [1.807, 2.05) is 18.2 Å². The molecule has 1 rings (SSSR count). The van der Waals surface area contributed by atoms with Crippen molar-refractivity contribution in [2.24, 2.45) is 0 Å². The number of nitrogens with zero attached hydrogens (tertiary/aromatic N) is 1. The Morgan fingerprint density at radius 1 is 1.17 bits per heavy atom. The molecule has 0 fully saturated rings. The van der Waals surface area contributed by atoms with Crippen molar-refractivity contribution >= 4 is 5.69 Å². The van der Waals surface area contributed by atoms with Crippen molar-refractivity contribution in [3.63, 3.8) is 0 Å². The van der Waals surface area contributed by atoms with Gasteiger partial charge in [-0.05, 0) is 57.4 Å². The molecule has 0 saturated carbocycles. The van der Waals surface area contributed by atoms with Crippen LogP contribution in [-0.2, 0) is 4.74 Å². The molecule has 0 aromatic heterocycles. The summed E-state index contributed by atoms with van der Waals surface area (Å²) < 4.78 is 5.69. The van der Waals surface area contributed by atoms with Gasteiger partial charge in [-0.3, -0.25) is 0 Å². The molecule has 0 aliphatic carbocycles. The van der Waals surface area contributed by atoms with Gasteiger partial charge in [0.1, 0.15) is 0 Å². The summed E-state index contributed by atoms with van der Waals surface area (Å²) >= 11 is 0. The fourth-order valence-corrected chi connectivity index (χ4v) is 2.69. The molecule has 0 heterocycles. The van der Waals surface area contributed by atoms with E-state index in [4.69, 9.17) is 4.74 Å². The minimum absolute atomic E-state index is 0.367. The van der Waals surface area contributed by atoms with E-state index in [9.17, 15) is 0 Å². The maximum atomic E-state index is 5.69. The first-order valence-corrected chi connectivity index (χ1v) is 9.02. The van der Waals surface area contributed by atoms with Crippen LogP contribution >= 0.6 is 0 Å². The standard InChI is InChI=1S/C22H33NO/c1-6-9-17-24-18-10-12-20(5)23(21(8-3)11-7-2)22-15-13-19(4)14-16-22/h7-8,11,13-16,20H,2-3,6,9-10,12,17-18H2,1,4-5H3/b21-11+. The van der Waals surface area contributed by atoms with Crippen LogP contribution in [0.3, 0.4) is 0 Å². The third-order valence-electron chi connectivity index (χ3n) is 4.08. The van der Waals surface area contributed by atoms with E-state index in [-0.39, 0.29) is 0 Å². The van der Waals surface area contributed by atoms with Gasteiger partial charge in [0, 0.05) is 30.6 Å². The van der Waals surface area contributed by atoms with Gasteiger partial charge in [0.05, 0.1) is 0 Å². The summed E-state index contributed by atoms with van der Waals surface area (Å²) in [6, 6.07) is 9.01. The quantitative estimate of drug-likeness (QED) is 0.342. The number of ether oxygens (including phenoxy) is 1. The van der Waals surface area contributed by atoms with Crippen LogP contribution in [0.2, 0.25) is 0 Å². The van der Waals surface area contributed by atoms with E-state index < -0.39 is 0 Å². The van der Waals surface area contributed by atoms with Gasteiger partial charge in [0.2, 0.25) is 0 Å². The van der Waals surface area contributed by atoms with Crippen LogP contribution in [0.1, 0.15) is 45.1 Å². The largest absolute Gasteiger partial charge is 0.381 e. The van der Waals surface area contributed by atoms with E-state index in [0.29, 0.717) is 6.04 Å². The monoisotopic (exact) mass is 327 g/mol. The second kappa shape index (κ2) is 11.7. The number of rotatable bonds is 12. The molecule has 2 nitrogen and oxygen atoms in total. The highest BCUT2D eigenvalue weighted by atomic mass is 16.5. The summed E-state index contributed by atoms with van der Waals surface area (Å²) in [6.07, 6.45) is 10.2. The Morgan fingerprint density at radius 3 is 2.42 bits per heavy atom. The predicted octanol–water partition coefficient (Wildman–Crippen LogP) is 6.04. The average molecular weight is 328 g/mol. The maximum Gasteiger partial charge on any atom is 0.0466 e. The smallest absolute Gasteiger partial charge is 0.0466 e. The lowest BCUT2D eigenvalue weighted by molar-refractivity contribution is 0.126. The molecule has 0 spiro atoms. The lowest BCUT2D eigenvalue weighted by Gasteiger charge is -2.32. The molecule has 0 saturated heterocycles. The van der Waals surface area contributed by atoms with Gasteiger partial charge in [-0.1, -0.05) is 50.3 Å². The van der Waals surface area contributed by atoms with Crippen molar-refractivity contribution in [1.29, 1.82) is 0 Å². The number of anilines is 1. The topological polar surface area (TPSA) is 12.5 Å². The van der Waals surface area contributed by atoms with Crippen molar-refractivity contribution in [3.05, 3.63) is 66.9 Å². The van der Waals surface area contributed by atoms with Crippen LogP contribution in [0, 0.1) is 6.92 Å². The lowest BCUT2D eigenvalue weighted by Crippen LogP contribution is -2.32. The summed E-state index contributed by atoms with van der Waals surface area (Å²) in [5.74, 6) is 0. The van der Waals surface area contributed by atoms with Gasteiger partial charge in [-0.15, -0.1) is 0 Å². The molecular weight excluding hydrogens is 294 g/mol. The number of aryl methyl sites for hydroxylation is 1. The lowest BCUT2D eigenvalue weighted by atomic mass is 10.1. The summed E-state index contributed by atoms with van der Waals surface area (Å²) in [5, 5.41) is 0. The highest BCUT2D eigenvalue weighted by Crippen LogP contribution is 2.25. The summed E-state index contributed by atoms with van der Waals surface area (Å²) in [4.78, 5) is 2.33. The summed E-state index contributed by atoms with van der Waals surface area (Å²) in [6.45, 7) is 16.1. The van der Waals surface area contributed by atoms with Crippen molar-refractivity contribution in [2.75, 3.05) is 18.1 Å². The SMILES string of the molecule is C=C/C=C(\C=C)N(c1ccc(C)cc1)C(C)CCCOCCCC. The minimum atomic E-state index is 0.367. The second-order valence-corrected chi connectivity index (χ2v) is 6.19. The number of hydrogen-bond acceptors (Lipinski definition) is 2. The first-order valence-electron chi connectivity index (χ1n) is 9.02. The van der Waals surface area contributed by atoms with Gasteiger partial charge in [-0.25, -0.2) is 0 Å². The molecule has 24 heavy (non-hydrogen) atoms. The van der Waals surface area contributed by atoms with Crippen LogP contribution in [0.25, 0.3) is 0 Å². The Bertz CT molecular complexity index is 515. The Labute approximate surface area is 148 Å². The minimum Gasteiger partial charge on any atom is -0.381 e. The van der Waals surface area contributed by atoms with Crippen LogP contribution in [0.4, 0.5) is 5.69 Å². The van der Waals surface area contributed by atoms with Crippen LogP contribution in [0.5, 0.6) is 0 Å². The molecule has 132 valence electrons. The van der Waals surface area contributed by atoms with Gasteiger partial charge in [0.25, 0.3) is 0 Å². The molecule has 1 atom stereocenters. The van der Waals surface area contributed by atoms with Gasteiger partial charge in [-0.2, -0.15) is 0 Å². The van der Waals surface area contributed by atoms with Gasteiger partial charge >= 0.3 is 0 Å². The zero-order valence-electron chi connectivity index (χ0n) is 15.6. The Balaban J connectivity index is 2.77. The third-order valence-corrected chi connectivity index (χ3v) is 4.08. The van der Waals surface area contributed by atoms with Crippen LogP contribution in [0.15, 0.2) is 61.3 Å². The first kappa shape index (κ1) is 20.2. The molecule has 0 amide bonds. The van der Waals surface area contributed by atoms with Gasteiger partial charge < -0.3 is 9.64 Å². The van der Waals surface area contributed by atoms with Crippen molar-refractivity contribution in [1.82, 2.24) is 0 Å². The molecule has 1 aromatic rings. The highest BCUT2D eigenvalue weighted by molar-refractivity contribution is 5.56. The molecule has 0 aliphatic heterocycles. The Morgan fingerprint density at radius 2 is 1.83 bits per heavy atom. The Hall–Kier alpha value is -1.80. The number of allylic oxidation sites excluding steroid dienone is 3. The zero-order valence-corrected chi connectivity index (χ0v) is 15.6. The zero-order chi connectivity index (χ0) is 17.8. The first-order chi connectivity index (χ1) is 11.6. The van der Waals surface area contributed by atoms with Crippen molar-refractivity contribution in [2.45, 2.75) is 52.5 Å². The fraction of sp³-hybridized carbons (Fsp3) is 0.455. The molecule has 1 unspecified atom stereocenters. The summed E-state index contributed by atoms with van der Waals surface area (Å²) in [5.41, 5.74) is 3.53. The van der Waals surface area contributed by atoms with E-state index in [1.54, 1.807) is 0 Å². The average Bonchev–Trinajstić information content (AvgIpc) is 2.59. The number of benzene rings is 1. The Kier molecular flexibility index (Phi) is 9.86. The van der Waals surface area contributed by atoms with E-state index >= 15 is 0 Å². The second-order valence-electron chi connectivity index (χ2n) is 6.19. The molecule has 0 radical (unpaired) electrons. The van der Waals surface area contributed by atoms with Crippen molar-refractivity contribution in [3.8, 4) is 0 Å². The third kappa shape index (κ3) is 6.76. The van der Waals surface area contributed by atoms with E-state index in [2.05, 4.69) is 63.1 Å². The molecule has 2 heteroatoms. The summed E-state index contributed by atoms with van der Waals surface area (Å²) in [7, 11) is 0. The van der Waals surface area contributed by atoms with E-state index in [0.717, 1.165) is 38.2 Å². The highest BCUT2D eigenvalue weighted by Gasteiger charge is 2.16. The number of hydrogen-bond donors (Lipinski definition) is 0. The fourth-order valence-electron chi connectivity index (χ4n) is 2.69. The van der Waals surface area contributed by atoms with E-state index in [1.165, 1.54) is 17.7 Å². The maximum absolute atomic E-state index is 5.69. The number of unbranched alkanes of at least 4 members (excludes halogenated alkanes) is 1.